The van der Waals surface area contributed by atoms with E-state index in [2.05, 4.69) is 9.97 Å². The molecular weight excluding hydrogens is 270 g/mol. The lowest BCUT2D eigenvalue weighted by atomic mass is 10.2. The number of nitrogens with one attached hydrogen (secondary N) is 1. The molecule has 0 spiro atoms. The standard InChI is InChI=1S/C15H21N3O3/c1-15(2,3)21-14(19)18(4)9-13-16-11-7-6-10(20-5)8-12(11)17-13/h6-8H,9H2,1-5H3,(H,16,17). The summed E-state index contributed by atoms with van der Waals surface area (Å²) in [6.07, 6.45) is -0.375. The Morgan fingerprint density at radius 3 is 2.71 bits per heavy atom. The lowest BCUT2D eigenvalue weighted by molar-refractivity contribution is 0.0281. The molecule has 2 aromatic rings. The van der Waals surface area contributed by atoms with Crippen molar-refractivity contribution < 1.29 is 14.3 Å². The Hall–Kier alpha value is -2.24. The van der Waals surface area contributed by atoms with Crippen LogP contribution in [0.3, 0.4) is 0 Å². The fourth-order valence-corrected chi connectivity index (χ4v) is 1.87. The lowest BCUT2D eigenvalue weighted by Crippen LogP contribution is -2.34. The van der Waals surface area contributed by atoms with E-state index in [1.165, 1.54) is 4.90 Å². The van der Waals surface area contributed by atoms with E-state index < -0.39 is 5.60 Å². The number of ether oxygens (including phenoxy) is 2. The van der Waals surface area contributed by atoms with E-state index in [-0.39, 0.29) is 6.09 Å². The molecule has 0 saturated carbocycles. The summed E-state index contributed by atoms with van der Waals surface area (Å²) < 4.78 is 10.5. The van der Waals surface area contributed by atoms with E-state index in [1.807, 2.05) is 39.0 Å². The molecule has 0 atom stereocenters. The normalized spacial score (nSPS) is 11.5. The first kappa shape index (κ1) is 15.2. The van der Waals surface area contributed by atoms with Crippen molar-refractivity contribution in [1.82, 2.24) is 14.9 Å². The average molecular weight is 291 g/mol. The zero-order valence-electron chi connectivity index (χ0n) is 13.1. The van der Waals surface area contributed by atoms with Crippen molar-refractivity contribution in [2.75, 3.05) is 14.2 Å². The van der Waals surface area contributed by atoms with Crippen LogP contribution in [0.2, 0.25) is 0 Å². The number of benzene rings is 1. The summed E-state index contributed by atoms with van der Waals surface area (Å²) in [5, 5.41) is 0. The molecule has 0 radical (unpaired) electrons. The molecule has 1 heterocycles. The van der Waals surface area contributed by atoms with Gasteiger partial charge >= 0.3 is 6.09 Å². The molecule has 0 saturated heterocycles. The van der Waals surface area contributed by atoms with Crippen molar-refractivity contribution in [3.05, 3.63) is 24.0 Å². The maximum Gasteiger partial charge on any atom is 0.410 e. The summed E-state index contributed by atoms with van der Waals surface area (Å²) in [5.74, 6) is 1.46. The van der Waals surface area contributed by atoms with Crippen molar-refractivity contribution >= 4 is 17.1 Å². The lowest BCUT2D eigenvalue weighted by Gasteiger charge is -2.24. The highest BCUT2D eigenvalue weighted by Gasteiger charge is 2.20. The molecule has 2 rings (SSSR count). The van der Waals surface area contributed by atoms with Gasteiger partial charge in [0.25, 0.3) is 0 Å². The van der Waals surface area contributed by atoms with E-state index in [4.69, 9.17) is 9.47 Å². The van der Waals surface area contributed by atoms with Gasteiger partial charge in [0.05, 0.1) is 24.7 Å². The summed E-state index contributed by atoms with van der Waals surface area (Å²) in [7, 11) is 3.30. The van der Waals surface area contributed by atoms with Crippen LogP contribution in [-0.2, 0) is 11.3 Å². The summed E-state index contributed by atoms with van der Waals surface area (Å²) in [5.41, 5.74) is 1.21. The molecule has 1 aromatic carbocycles. The number of amides is 1. The molecule has 6 nitrogen and oxygen atoms in total. The van der Waals surface area contributed by atoms with Crippen LogP contribution in [0.1, 0.15) is 26.6 Å². The topological polar surface area (TPSA) is 67.4 Å². The maximum atomic E-state index is 11.9. The van der Waals surface area contributed by atoms with Gasteiger partial charge in [0.2, 0.25) is 0 Å². The Balaban J connectivity index is 2.10. The second-order valence-electron chi connectivity index (χ2n) is 5.90. The molecule has 1 N–H and O–H groups in total. The number of H-pyrrole nitrogens is 1. The highest BCUT2D eigenvalue weighted by Crippen LogP contribution is 2.19. The van der Waals surface area contributed by atoms with Gasteiger partial charge in [-0.1, -0.05) is 0 Å². The largest absolute Gasteiger partial charge is 0.497 e. The number of aromatic amines is 1. The van der Waals surface area contributed by atoms with Crippen LogP contribution < -0.4 is 4.74 Å². The first-order chi connectivity index (χ1) is 9.78. The van der Waals surface area contributed by atoms with Crippen molar-refractivity contribution in [1.29, 1.82) is 0 Å². The van der Waals surface area contributed by atoms with Crippen LogP contribution in [0.5, 0.6) is 5.75 Å². The number of hydrogen-bond acceptors (Lipinski definition) is 4. The van der Waals surface area contributed by atoms with Gasteiger partial charge in [-0.05, 0) is 32.9 Å². The molecule has 0 fully saturated rings. The third-order valence-corrected chi connectivity index (χ3v) is 2.83. The number of carbonyl (C=O) groups excluding carboxylic acids is 1. The van der Waals surface area contributed by atoms with Gasteiger partial charge in [-0.3, -0.25) is 0 Å². The number of hydrogen-bond donors (Lipinski definition) is 1. The molecule has 0 aliphatic heterocycles. The van der Waals surface area contributed by atoms with E-state index in [9.17, 15) is 4.79 Å². The fraction of sp³-hybridized carbons (Fsp3) is 0.467. The Labute approximate surface area is 124 Å². The van der Waals surface area contributed by atoms with Gasteiger partial charge in [-0.2, -0.15) is 0 Å². The number of imidazole rings is 1. The number of aromatic nitrogens is 2. The average Bonchev–Trinajstić information content (AvgIpc) is 2.77. The summed E-state index contributed by atoms with van der Waals surface area (Å²) in [6, 6.07) is 5.60. The zero-order valence-corrected chi connectivity index (χ0v) is 13.1. The van der Waals surface area contributed by atoms with Crippen molar-refractivity contribution in [2.45, 2.75) is 32.9 Å². The van der Waals surface area contributed by atoms with Crippen LogP contribution in [0.4, 0.5) is 4.79 Å². The molecule has 6 heteroatoms. The van der Waals surface area contributed by atoms with Crippen molar-refractivity contribution in [2.24, 2.45) is 0 Å². The predicted octanol–water partition coefficient (Wildman–Crippen LogP) is 2.94. The van der Waals surface area contributed by atoms with E-state index in [0.717, 1.165) is 16.8 Å². The van der Waals surface area contributed by atoms with Crippen LogP contribution in [0.15, 0.2) is 18.2 Å². The molecule has 114 valence electrons. The Kier molecular flexibility index (Phi) is 4.06. The summed E-state index contributed by atoms with van der Waals surface area (Å²) in [6.45, 7) is 5.87. The monoisotopic (exact) mass is 291 g/mol. The summed E-state index contributed by atoms with van der Waals surface area (Å²) >= 11 is 0. The van der Waals surface area contributed by atoms with Crippen LogP contribution in [0.25, 0.3) is 11.0 Å². The maximum absolute atomic E-state index is 11.9. The van der Waals surface area contributed by atoms with Crippen molar-refractivity contribution in [3.8, 4) is 5.75 Å². The Morgan fingerprint density at radius 2 is 2.10 bits per heavy atom. The van der Waals surface area contributed by atoms with E-state index in [0.29, 0.717) is 12.4 Å². The van der Waals surface area contributed by atoms with Gasteiger partial charge < -0.3 is 19.4 Å². The Bertz CT molecular complexity index is 643. The first-order valence-electron chi connectivity index (χ1n) is 6.75. The third kappa shape index (κ3) is 3.87. The number of methoxy groups -OCH3 is 1. The number of fused-ring (bicyclic) bond motifs is 1. The van der Waals surface area contributed by atoms with Crippen molar-refractivity contribution in [3.63, 3.8) is 0 Å². The van der Waals surface area contributed by atoms with Gasteiger partial charge in [0.1, 0.15) is 17.2 Å². The Morgan fingerprint density at radius 1 is 1.38 bits per heavy atom. The molecule has 21 heavy (non-hydrogen) atoms. The first-order valence-corrected chi connectivity index (χ1v) is 6.75. The molecule has 0 unspecified atom stereocenters. The highest BCUT2D eigenvalue weighted by atomic mass is 16.6. The highest BCUT2D eigenvalue weighted by molar-refractivity contribution is 5.77. The minimum atomic E-state index is -0.507. The van der Waals surface area contributed by atoms with Gasteiger partial charge in [0.15, 0.2) is 0 Å². The molecular formula is C15H21N3O3. The second kappa shape index (κ2) is 5.63. The summed E-state index contributed by atoms with van der Waals surface area (Å²) in [4.78, 5) is 21.0. The van der Waals surface area contributed by atoms with Gasteiger partial charge in [0, 0.05) is 13.1 Å². The van der Waals surface area contributed by atoms with E-state index in [1.54, 1.807) is 14.2 Å². The van der Waals surface area contributed by atoms with Gasteiger partial charge in [-0.25, -0.2) is 9.78 Å². The van der Waals surface area contributed by atoms with Gasteiger partial charge in [-0.15, -0.1) is 0 Å². The van der Waals surface area contributed by atoms with Crippen LogP contribution in [-0.4, -0.2) is 40.7 Å². The minimum Gasteiger partial charge on any atom is -0.497 e. The minimum absolute atomic E-state index is 0.353. The zero-order chi connectivity index (χ0) is 15.6. The molecule has 0 aliphatic carbocycles. The smallest absolute Gasteiger partial charge is 0.410 e. The number of nitrogens with zero attached hydrogens (tertiary/aromatic N) is 2. The number of carbonyl (C=O) groups is 1. The second-order valence-corrected chi connectivity index (χ2v) is 5.90. The van der Waals surface area contributed by atoms with Crippen LogP contribution in [0, 0.1) is 0 Å². The van der Waals surface area contributed by atoms with Crippen LogP contribution >= 0.6 is 0 Å². The SMILES string of the molecule is COc1ccc2nc(CN(C)C(=O)OC(C)(C)C)[nH]c2c1. The fourth-order valence-electron chi connectivity index (χ4n) is 1.87. The van der Waals surface area contributed by atoms with E-state index >= 15 is 0 Å². The molecule has 0 bridgehead atoms. The quantitative estimate of drug-likeness (QED) is 0.944. The molecule has 0 aliphatic rings. The number of rotatable bonds is 3. The third-order valence-electron chi connectivity index (χ3n) is 2.83. The molecule has 1 aromatic heterocycles. The molecule has 1 amide bonds. The predicted molar refractivity (Wildman–Crippen MR) is 80.3 cm³/mol.